The van der Waals surface area contributed by atoms with Crippen LogP contribution in [-0.4, -0.2) is 42.2 Å². The molecule has 4 aromatic rings. The second-order valence-electron chi connectivity index (χ2n) is 6.90. The van der Waals surface area contributed by atoms with Gasteiger partial charge < -0.3 is 15.0 Å². The highest BCUT2D eigenvalue weighted by molar-refractivity contribution is 7.91. The molecule has 0 spiro atoms. The number of benzene rings is 2. The van der Waals surface area contributed by atoms with Crippen LogP contribution in [0.5, 0.6) is 0 Å². The smallest absolute Gasteiger partial charge is 0.340 e. The number of ether oxygens (including phenoxy) is 1. The lowest BCUT2D eigenvalue weighted by Gasteiger charge is -2.13. The molecule has 2 N–H and O–H groups in total. The van der Waals surface area contributed by atoms with Gasteiger partial charge in [0.25, 0.3) is 0 Å². The summed E-state index contributed by atoms with van der Waals surface area (Å²) in [4.78, 5) is 23.3. The summed E-state index contributed by atoms with van der Waals surface area (Å²) in [7, 11) is -2.51. The molecular weight excluding hydrogens is 435 g/mol. The number of nitrogens with zero attached hydrogens (tertiary/aromatic N) is 2. The number of carbonyl (C=O) groups excluding carboxylic acids is 1. The van der Waals surface area contributed by atoms with E-state index in [-0.39, 0.29) is 27.7 Å². The number of hydrogen-bond donors (Lipinski definition) is 2. The van der Waals surface area contributed by atoms with Gasteiger partial charge in [0, 0.05) is 28.4 Å². The molecule has 0 saturated heterocycles. The lowest BCUT2D eigenvalue weighted by Crippen LogP contribution is -2.11. The molecule has 0 aliphatic heterocycles. The Labute approximate surface area is 183 Å². The summed E-state index contributed by atoms with van der Waals surface area (Å²) >= 11 is 0. The van der Waals surface area contributed by atoms with E-state index < -0.39 is 21.6 Å². The minimum absolute atomic E-state index is 0.0104. The summed E-state index contributed by atoms with van der Waals surface area (Å²) in [6.45, 7) is 1.51. The Morgan fingerprint density at radius 1 is 1.19 bits per heavy atom. The average molecular weight is 454 g/mol. The highest BCUT2D eigenvalue weighted by atomic mass is 32.2. The fraction of sp³-hybridized carbons (Fsp3) is 0.136. The third-order valence-electron chi connectivity index (χ3n) is 4.92. The maximum atomic E-state index is 14.4. The van der Waals surface area contributed by atoms with Crippen LogP contribution in [0, 0.1) is 5.82 Å². The predicted molar refractivity (Wildman–Crippen MR) is 118 cm³/mol. The van der Waals surface area contributed by atoms with Gasteiger partial charge in [-0.05, 0) is 42.5 Å². The molecule has 2 aromatic heterocycles. The number of fused-ring (bicyclic) bond motifs is 1. The number of methoxy groups -OCH3 is 1. The van der Waals surface area contributed by atoms with E-state index in [9.17, 15) is 17.6 Å². The molecule has 0 unspecified atom stereocenters. The number of anilines is 2. The Morgan fingerprint density at radius 3 is 2.72 bits per heavy atom. The molecule has 0 saturated carbocycles. The monoisotopic (exact) mass is 454 g/mol. The van der Waals surface area contributed by atoms with E-state index in [1.54, 1.807) is 0 Å². The Bertz CT molecular complexity index is 1430. The molecule has 32 heavy (non-hydrogen) atoms. The molecule has 164 valence electrons. The summed E-state index contributed by atoms with van der Waals surface area (Å²) in [6, 6.07) is 11.2. The second-order valence-corrected chi connectivity index (χ2v) is 9.15. The number of H-pyrrole nitrogens is 1. The first-order valence-electron chi connectivity index (χ1n) is 9.64. The van der Waals surface area contributed by atoms with Gasteiger partial charge in [-0.1, -0.05) is 6.92 Å². The van der Waals surface area contributed by atoms with Gasteiger partial charge in [-0.3, -0.25) is 0 Å². The molecule has 4 rings (SSSR count). The van der Waals surface area contributed by atoms with Gasteiger partial charge in [-0.25, -0.2) is 27.6 Å². The largest absolute Gasteiger partial charge is 0.465 e. The molecule has 0 aliphatic carbocycles. The van der Waals surface area contributed by atoms with Crippen molar-refractivity contribution in [2.75, 3.05) is 18.2 Å². The van der Waals surface area contributed by atoms with Crippen molar-refractivity contribution >= 4 is 38.2 Å². The van der Waals surface area contributed by atoms with E-state index in [1.807, 2.05) is 30.5 Å². The zero-order valence-electron chi connectivity index (χ0n) is 17.2. The molecule has 0 radical (unpaired) electrons. The van der Waals surface area contributed by atoms with Crippen LogP contribution in [0.1, 0.15) is 17.3 Å². The van der Waals surface area contributed by atoms with E-state index in [4.69, 9.17) is 0 Å². The van der Waals surface area contributed by atoms with Crippen molar-refractivity contribution < 1.29 is 22.3 Å². The van der Waals surface area contributed by atoms with Gasteiger partial charge in [-0.15, -0.1) is 0 Å². The summed E-state index contributed by atoms with van der Waals surface area (Å²) in [6.07, 6.45) is 3.05. The van der Waals surface area contributed by atoms with E-state index >= 15 is 0 Å². The normalized spacial score (nSPS) is 11.5. The van der Waals surface area contributed by atoms with Gasteiger partial charge in [0.2, 0.25) is 0 Å². The number of sulfone groups is 1. The van der Waals surface area contributed by atoms with Crippen LogP contribution in [0.15, 0.2) is 59.8 Å². The summed E-state index contributed by atoms with van der Waals surface area (Å²) in [5.74, 6) is -1.47. The lowest BCUT2D eigenvalue weighted by atomic mass is 10.1. The first-order chi connectivity index (χ1) is 15.3. The zero-order valence-corrected chi connectivity index (χ0v) is 18.0. The number of esters is 1. The first-order valence-corrected chi connectivity index (χ1v) is 11.3. The number of rotatable bonds is 6. The molecule has 0 aliphatic rings. The van der Waals surface area contributed by atoms with Gasteiger partial charge in [0.15, 0.2) is 21.5 Å². The fourth-order valence-electron chi connectivity index (χ4n) is 3.18. The van der Waals surface area contributed by atoms with Crippen LogP contribution in [-0.2, 0) is 14.6 Å². The Balaban J connectivity index is 1.78. The van der Waals surface area contributed by atoms with Gasteiger partial charge in [-0.2, -0.15) is 0 Å². The lowest BCUT2D eigenvalue weighted by molar-refractivity contribution is 0.0595. The van der Waals surface area contributed by atoms with Crippen LogP contribution >= 0.6 is 0 Å². The molecule has 0 bridgehead atoms. The molecule has 0 fully saturated rings. The van der Waals surface area contributed by atoms with Crippen molar-refractivity contribution in [2.24, 2.45) is 0 Å². The van der Waals surface area contributed by atoms with Gasteiger partial charge >= 0.3 is 5.97 Å². The number of hydrogen-bond acceptors (Lipinski definition) is 7. The second kappa shape index (κ2) is 8.39. The van der Waals surface area contributed by atoms with Crippen LogP contribution in [0.3, 0.4) is 0 Å². The summed E-state index contributed by atoms with van der Waals surface area (Å²) in [5.41, 5.74) is 1.61. The van der Waals surface area contributed by atoms with E-state index in [2.05, 4.69) is 25.0 Å². The highest BCUT2D eigenvalue weighted by Gasteiger charge is 2.21. The topological polar surface area (TPSA) is 114 Å². The minimum atomic E-state index is -3.67. The minimum Gasteiger partial charge on any atom is -0.465 e. The summed E-state index contributed by atoms with van der Waals surface area (Å²) in [5, 5.41) is 3.80. The Morgan fingerprint density at radius 2 is 2.00 bits per heavy atom. The van der Waals surface area contributed by atoms with Crippen molar-refractivity contribution in [3.8, 4) is 11.4 Å². The number of carbonyl (C=O) groups is 1. The highest BCUT2D eigenvalue weighted by Crippen LogP contribution is 2.28. The maximum absolute atomic E-state index is 14.4. The van der Waals surface area contributed by atoms with Crippen molar-refractivity contribution in [2.45, 2.75) is 11.8 Å². The molecular formula is C22H19FN4O4S. The number of aromatic nitrogens is 3. The standard InChI is InChI=1S/C22H19FN4O4S/c1-3-32(29,30)19-12-25-20(14-4-7-18-13(10-14)8-9-24-18)27-21(19)26-15-5-6-16(17(23)11-15)22(28)31-2/h4-12,24H,3H2,1-2H3,(H,25,26,27). The Hall–Kier alpha value is -3.79. The van der Waals surface area contributed by atoms with Crippen molar-refractivity contribution in [1.82, 2.24) is 15.0 Å². The average Bonchev–Trinajstić information content (AvgIpc) is 3.26. The number of nitrogens with one attached hydrogen (secondary N) is 2. The quantitative estimate of drug-likeness (QED) is 0.422. The van der Waals surface area contributed by atoms with E-state index in [0.29, 0.717) is 11.4 Å². The van der Waals surface area contributed by atoms with Crippen LogP contribution in [0.25, 0.3) is 22.3 Å². The van der Waals surface area contributed by atoms with Crippen molar-refractivity contribution in [3.05, 3.63) is 66.2 Å². The maximum Gasteiger partial charge on any atom is 0.340 e. The summed E-state index contributed by atoms with van der Waals surface area (Å²) < 4.78 is 44.1. The van der Waals surface area contributed by atoms with Crippen molar-refractivity contribution in [1.29, 1.82) is 0 Å². The molecule has 0 atom stereocenters. The van der Waals surface area contributed by atoms with Gasteiger partial charge in [0.05, 0.1) is 24.6 Å². The predicted octanol–water partition coefficient (Wildman–Crippen LogP) is 4.09. The fourth-order valence-corrected chi connectivity index (χ4v) is 4.10. The SMILES string of the molecule is CCS(=O)(=O)c1cnc(-c2ccc3[nH]ccc3c2)nc1Nc1ccc(C(=O)OC)c(F)c1. The number of halogens is 1. The zero-order chi connectivity index (χ0) is 22.9. The third kappa shape index (κ3) is 4.04. The van der Waals surface area contributed by atoms with Crippen LogP contribution < -0.4 is 5.32 Å². The molecule has 8 nitrogen and oxygen atoms in total. The van der Waals surface area contributed by atoms with Crippen LogP contribution in [0.2, 0.25) is 0 Å². The van der Waals surface area contributed by atoms with E-state index in [1.165, 1.54) is 25.3 Å². The number of aromatic amines is 1. The first kappa shape index (κ1) is 21.4. The Kier molecular flexibility index (Phi) is 5.62. The van der Waals surface area contributed by atoms with Crippen LogP contribution in [0.4, 0.5) is 15.9 Å². The molecule has 10 heteroatoms. The van der Waals surface area contributed by atoms with E-state index in [0.717, 1.165) is 24.1 Å². The van der Waals surface area contributed by atoms with Crippen molar-refractivity contribution in [3.63, 3.8) is 0 Å². The molecule has 0 amide bonds. The molecule has 2 aromatic carbocycles. The third-order valence-corrected chi connectivity index (χ3v) is 6.65. The van der Waals surface area contributed by atoms with Gasteiger partial charge in [0.1, 0.15) is 10.7 Å². The molecule has 2 heterocycles.